The van der Waals surface area contributed by atoms with Crippen LogP contribution in [0.3, 0.4) is 0 Å². The molecule has 2 aliphatic rings. The summed E-state index contributed by atoms with van der Waals surface area (Å²) in [6.07, 6.45) is 6.49. The third-order valence-corrected chi connectivity index (χ3v) is 7.60. The van der Waals surface area contributed by atoms with Gasteiger partial charge in [-0.2, -0.15) is 0 Å². The Bertz CT molecular complexity index is 1480. The van der Waals surface area contributed by atoms with Gasteiger partial charge in [0, 0.05) is 54.5 Å². The molecule has 0 spiro atoms. The molecule has 2 aromatic heterocycles. The summed E-state index contributed by atoms with van der Waals surface area (Å²) in [5.41, 5.74) is 7.29. The molecule has 8 nitrogen and oxygen atoms in total. The molecule has 6 rings (SSSR count). The van der Waals surface area contributed by atoms with Crippen molar-refractivity contribution < 1.29 is 9.53 Å². The number of piperidine rings is 1. The van der Waals surface area contributed by atoms with Crippen molar-refractivity contribution >= 4 is 22.6 Å². The molecule has 1 fully saturated rings. The first-order valence-electron chi connectivity index (χ1n) is 13.2. The van der Waals surface area contributed by atoms with Gasteiger partial charge in [0.1, 0.15) is 12.1 Å². The average Bonchev–Trinajstić information content (AvgIpc) is 2.97. The van der Waals surface area contributed by atoms with E-state index in [2.05, 4.69) is 56.7 Å². The first kappa shape index (κ1) is 24.3. The largest absolute Gasteiger partial charge is 0.481 e. The number of nitrogens with one attached hydrogen (secondary N) is 2. The molecule has 2 N–H and O–H groups in total. The van der Waals surface area contributed by atoms with Crippen LogP contribution in [0, 0.1) is 6.92 Å². The molecule has 0 saturated carbocycles. The van der Waals surface area contributed by atoms with Gasteiger partial charge in [-0.3, -0.25) is 4.79 Å². The molecule has 4 heterocycles. The number of methoxy groups -OCH3 is 1. The molecule has 0 aliphatic carbocycles. The van der Waals surface area contributed by atoms with E-state index in [1.54, 1.807) is 13.4 Å². The summed E-state index contributed by atoms with van der Waals surface area (Å²) in [6.45, 7) is 5.49. The standard InChI is InChI=1S/C30H32N6O2/c1-19-12-23(22-7-8-27(38-2)32-15-22)14-26-28(19)33-18-34-29(26)36-11-9-20-5-6-21(13-24(20)17-36)30(37)35-25-4-3-10-31-16-25/h5-8,12-15,18,25,31H,3-4,9-11,16-17H2,1-2H3,(H,35,37)/t25-/m0/s1. The number of pyridine rings is 1. The number of amides is 1. The summed E-state index contributed by atoms with van der Waals surface area (Å²) in [5, 5.41) is 7.57. The number of aryl methyl sites for hydroxylation is 1. The molecule has 1 atom stereocenters. The van der Waals surface area contributed by atoms with Crippen LogP contribution in [0.4, 0.5) is 5.82 Å². The molecule has 2 aromatic carbocycles. The lowest BCUT2D eigenvalue weighted by atomic mass is 9.96. The van der Waals surface area contributed by atoms with Crippen LogP contribution in [0.15, 0.2) is 55.0 Å². The van der Waals surface area contributed by atoms with Crippen molar-refractivity contribution in [2.45, 2.75) is 38.8 Å². The summed E-state index contributed by atoms with van der Waals surface area (Å²) in [5.74, 6) is 1.50. The number of aromatic nitrogens is 3. The van der Waals surface area contributed by atoms with E-state index in [9.17, 15) is 4.79 Å². The molecular weight excluding hydrogens is 476 g/mol. The number of rotatable bonds is 5. The molecule has 0 radical (unpaired) electrons. The monoisotopic (exact) mass is 508 g/mol. The van der Waals surface area contributed by atoms with Crippen LogP contribution >= 0.6 is 0 Å². The summed E-state index contributed by atoms with van der Waals surface area (Å²) in [6, 6.07) is 14.5. The number of ether oxygens (including phenoxy) is 1. The van der Waals surface area contributed by atoms with E-state index in [0.717, 1.165) is 72.3 Å². The Balaban J connectivity index is 1.30. The fraction of sp³-hybridized carbons (Fsp3) is 0.333. The zero-order chi connectivity index (χ0) is 26.1. The number of carbonyl (C=O) groups excluding carboxylic acids is 1. The summed E-state index contributed by atoms with van der Waals surface area (Å²) in [4.78, 5) is 29.0. The van der Waals surface area contributed by atoms with E-state index in [0.29, 0.717) is 18.0 Å². The lowest BCUT2D eigenvalue weighted by molar-refractivity contribution is 0.0930. The molecule has 2 aliphatic heterocycles. The van der Waals surface area contributed by atoms with Gasteiger partial charge in [0.15, 0.2) is 0 Å². The lowest BCUT2D eigenvalue weighted by Gasteiger charge is -2.31. The fourth-order valence-corrected chi connectivity index (χ4v) is 5.55. The highest BCUT2D eigenvalue weighted by molar-refractivity contribution is 5.96. The average molecular weight is 509 g/mol. The topological polar surface area (TPSA) is 92.3 Å². The van der Waals surface area contributed by atoms with Crippen molar-refractivity contribution in [3.05, 3.63) is 77.2 Å². The van der Waals surface area contributed by atoms with Gasteiger partial charge in [-0.05, 0) is 85.3 Å². The molecule has 8 heteroatoms. The first-order valence-corrected chi connectivity index (χ1v) is 13.2. The van der Waals surface area contributed by atoms with E-state index >= 15 is 0 Å². The number of fused-ring (bicyclic) bond motifs is 2. The Morgan fingerprint density at radius 2 is 2.00 bits per heavy atom. The maximum absolute atomic E-state index is 13.0. The van der Waals surface area contributed by atoms with Crippen LogP contribution in [0.2, 0.25) is 0 Å². The predicted molar refractivity (Wildman–Crippen MR) is 149 cm³/mol. The Morgan fingerprint density at radius 3 is 2.79 bits per heavy atom. The van der Waals surface area contributed by atoms with Gasteiger partial charge in [0.2, 0.25) is 5.88 Å². The van der Waals surface area contributed by atoms with Crippen LogP contribution in [0.5, 0.6) is 5.88 Å². The number of anilines is 1. The summed E-state index contributed by atoms with van der Waals surface area (Å²) < 4.78 is 5.22. The van der Waals surface area contributed by atoms with E-state index in [1.807, 2.05) is 24.4 Å². The van der Waals surface area contributed by atoms with Gasteiger partial charge in [-0.15, -0.1) is 0 Å². The van der Waals surface area contributed by atoms with Crippen molar-refractivity contribution in [2.75, 3.05) is 31.6 Å². The Kier molecular flexibility index (Phi) is 6.64. The highest BCUT2D eigenvalue weighted by Crippen LogP contribution is 2.33. The molecule has 1 amide bonds. The first-order chi connectivity index (χ1) is 18.6. The maximum atomic E-state index is 13.0. The van der Waals surface area contributed by atoms with Gasteiger partial charge in [-0.25, -0.2) is 15.0 Å². The van der Waals surface area contributed by atoms with Crippen LogP contribution < -0.4 is 20.3 Å². The summed E-state index contributed by atoms with van der Waals surface area (Å²) in [7, 11) is 1.62. The molecule has 1 saturated heterocycles. The van der Waals surface area contributed by atoms with E-state index < -0.39 is 0 Å². The predicted octanol–water partition coefficient (Wildman–Crippen LogP) is 4.05. The second-order valence-electron chi connectivity index (χ2n) is 10.1. The third-order valence-electron chi connectivity index (χ3n) is 7.60. The van der Waals surface area contributed by atoms with Crippen molar-refractivity contribution in [2.24, 2.45) is 0 Å². The van der Waals surface area contributed by atoms with Crippen LogP contribution in [-0.2, 0) is 13.0 Å². The highest BCUT2D eigenvalue weighted by Gasteiger charge is 2.23. The van der Waals surface area contributed by atoms with Gasteiger partial charge in [0.25, 0.3) is 5.91 Å². The third kappa shape index (κ3) is 4.79. The molecule has 4 aromatic rings. The molecule has 38 heavy (non-hydrogen) atoms. The van der Waals surface area contributed by atoms with Gasteiger partial charge >= 0.3 is 0 Å². The quantitative estimate of drug-likeness (QED) is 0.420. The number of hydrogen-bond acceptors (Lipinski definition) is 7. The zero-order valence-corrected chi connectivity index (χ0v) is 21.8. The molecule has 0 unspecified atom stereocenters. The normalized spacial score (nSPS) is 17.2. The Morgan fingerprint density at radius 1 is 1.08 bits per heavy atom. The van der Waals surface area contributed by atoms with Crippen LogP contribution in [-0.4, -0.2) is 53.6 Å². The Labute approximate surface area is 222 Å². The molecular formula is C30H32N6O2. The van der Waals surface area contributed by atoms with Crippen molar-refractivity contribution in [3.8, 4) is 17.0 Å². The minimum absolute atomic E-state index is 0.000484. The Hall–Kier alpha value is -4.04. The van der Waals surface area contributed by atoms with Crippen molar-refractivity contribution in [1.29, 1.82) is 0 Å². The molecule has 194 valence electrons. The SMILES string of the molecule is COc1ccc(-c2cc(C)c3ncnc(N4CCc5ccc(C(=O)N[C@H]6CCCNC6)cc5C4)c3c2)cn1. The zero-order valence-electron chi connectivity index (χ0n) is 21.8. The van der Waals surface area contributed by atoms with Crippen LogP contribution in [0.1, 0.15) is 39.9 Å². The summed E-state index contributed by atoms with van der Waals surface area (Å²) >= 11 is 0. The van der Waals surface area contributed by atoms with Gasteiger partial charge in [0.05, 0.1) is 12.6 Å². The second kappa shape index (κ2) is 10.4. The number of carbonyl (C=O) groups is 1. The molecule has 0 bridgehead atoms. The van der Waals surface area contributed by atoms with Crippen LogP contribution in [0.25, 0.3) is 22.0 Å². The highest BCUT2D eigenvalue weighted by atomic mass is 16.5. The second-order valence-corrected chi connectivity index (χ2v) is 10.1. The number of hydrogen-bond donors (Lipinski definition) is 2. The van der Waals surface area contributed by atoms with E-state index in [4.69, 9.17) is 9.72 Å². The van der Waals surface area contributed by atoms with Gasteiger partial charge in [-0.1, -0.05) is 6.07 Å². The number of benzene rings is 2. The van der Waals surface area contributed by atoms with E-state index in [1.165, 1.54) is 11.1 Å². The minimum atomic E-state index is -0.000484. The van der Waals surface area contributed by atoms with Crippen molar-refractivity contribution in [1.82, 2.24) is 25.6 Å². The number of nitrogens with zero attached hydrogens (tertiary/aromatic N) is 4. The lowest BCUT2D eigenvalue weighted by Crippen LogP contribution is -2.45. The van der Waals surface area contributed by atoms with Gasteiger partial charge < -0.3 is 20.3 Å². The minimum Gasteiger partial charge on any atom is -0.481 e. The maximum Gasteiger partial charge on any atom is 0.251 e. The van der Waals surface area contributed by atoms with Crippen molar-refractivity contribution in [3.63, 3.8) is 0 Å². The van der Waals surface area contributed by atoms with E-state index in [-0.39, 0.29) is 11.9 Å². The smallest absolute Gasteiger partial charge is 0.251 e. The fourth-order valence-electron chi connectivity index (χ4n) is 5.55.